The van der Waals surface area contributed by atoms with Gasteiger partial charge in [-0.25, -0.2) is 4.79 Å². The highest BCUT2D eigenvalue weighted by Crippen LogP contribution is 2.34. The van der Waals surface area contributed by atoms with Gasteiger partial charge in [0, 0.05) is 6.54 Å². The number of benzene rings is 2. The van der Waals surface area contributed by atoms with Crippen molar-refractivity contribution in [3.8, 4) is 11.5 Å². The first kappa shape index (κ1) is 15.2. The molecule has 23 heavy (non-hydrogen) atoms. The molecule has 0 aromatic heterocycles. The third kappa shape index (κ3) is 3.74. The molecule has 5 heteroatoms. The molecule has 2 aromatic carbocycles. The van der Waals surface area contributed by atoms with Crippen molar-refractivity contribution in [3.05, 3.63) is 59.2 Å². The van der Waals surface area contributed by atoms with Crippen LogP contribution in [0.5, 0.6) is 11.5 Å². The van der Waals surface area contributed by atoms with E-state index in [1.807, 2.05) is 50.2 Å². The summed E-state index contributed by atoms with van der Waals surface area (Å²) in [6.45, 7) is 4.72. The summed E-state index contributed by atoms with van der Waals surface area (Å²) in [4.78, 5) is 12.0. The zero-order valence-electron chi connectivity index (χ0n) is 13.3. The van der Waals surface area contributed by atoms with Gasteiger partial charge in [-0.05, 0) is 37.1 Å². The minimum Gasteiger partial charge on any atom is -0.454 e. The van der Waals surface area contributed by atoms with Crippen LogP contribution in [0.3, 0.4) is 0 Å². The highest BCUT2D eigenvalue weighted by Gasteiger charge is 2.16. The van der Waals surface area contributed by atoms with Crippen LogP contribution in [0, 0.1) is 6.92 Å². The molecule has 0 fully saturated rings. The van der Waals surface area contributed by atoms with Gasteiger partial charge in [0.2, 0.25) is 6.79 Å². The lowest BCUT2D eigenvalue weighted by molar-refractivity contribution is 0.174. The van der Waals surface area contributed by atoms with E-state index in [0.29, 0.717) is 6.54 Å². The van der Waals surface area contributed by atoms with E-state index in [-0.39, 0.29) is 18.9 Å². The summed E-state index contributed by atoms with van der Waals surface area (Å²) in [5, 5.41) is 5.80. The van der Waals surface area contributed by atoms with Crippen molar-refractivity contribution in [1.82, 2.24) is 10.6 Å². The fraction of sp³-hybridized carbons (Fsp3) is 0.278. The van der Waals surface area contributed by atoms with Crippen LogP contribution >= 0.6 is 0 Å². The molecule has 1 aliphatic rings. The van der Waals surface area contributed by atoms with Crippen molar-refractivity contribution in [3.63, 3.8) is 0 Å². The number of carbonyl (C=O) groups excluding carboxylic acids is 1. The Labute approximate surface area is 135 Å². The number of nitrogens with one attached hydrogen (secondary N) is 2. The van der Waals surface area contributed by atoms with E-state index in [9.17, 15) is 4.79 Å². The predicted octanol–water partition coefficient (Wildman–Crippen LogP) is 3.28. The van der Waals surface area contributed by atoms with Crippen molar-refractivity contribution >= 4 is 6.03 Å². The molecule has 1 heterocycles. The summed E-state index contributed by atoms with van der Waals surface area (Å²) in [5.41, 5.74) is 3.23. The fourth-order valence-electron chi connectivity index (χ4n) is 2.52. The van der Waals surface area contributed by atoms with Gasteiger partial charge < -0.3 is 20.1 Å². The van der Waals surface area contributed by atoms with Gasteiger partial charge in [0.25, 0.3) is 0 Å². The van der Waals surface area contributed by atoms with E-state index in [2.05, 4.69) is 16.7 Å². The first-order valence-corrected chi connectivity index (χ1v) is 7.61. The quantitative estimate of drug-likeness (QED) is 0.911. The van der Waals surface area contributed by atoms with Crippen LogP contribution in [-0.2, 0) is 6.54 Å². The number of ether oxygens (including phenoxy) is 2. The lowest BCUT2D eigenvalue weighted by Gasteiger charge is -2.15. The molecule has 120 valence electrons. The Kier molecular flexibility index (Phi) is 4.37. The van der Waals surface area contributed by atoms with Gasteiger partial charge in [-0.15, -0.1) is 0 Å². The molecular formula is C18H20N2O3. The van der Waals surface area contributed by atoms with E-state index < -0.39 is 0 Å². The predicted molar refractivity (Wildman–Crippen MR) is 87.5 cm³/mol. The molecule has 2 aromatic rings. The largest absolute Gasteiger partial charge is 0.454 e. The second kappa shape index (κ2) is 6.60. The fourth-order valence-corrected chi connectivity index (χ4v) is 2.52. The summed E-state index contributed by atoms with van der Waals surface area (Å²) in [6.07, 6.45) is 0. The molecule has 2 N–H and O–H groups in total. The topological polar surface area (TPSA) is 59.6 Å². The van der Waals surface area contributed by atoms with Crippen molar-refractivity contribution in [2.24, 2.45) is 0 Å². The zero-order chi connectivity index (χ0) is 16.2. The molecule has 3 rings (SSSR count). The molecule has 1 atom stereocenters. The molecule has 0 bridgehead atoms. The Morgan fingerprint density at radius 1 is 1.17 bits per heavy atom. The lowest BCUT2D eigenvalue weighted by atomic mass is 10.1. The van der Waals surface area contributed by atoms with Crippen LogP contribution in [-0.4, -0.2) is 12.8 Å². The molecule has 0 saturated carbocycles. The highest BCUT2D eigenvalue weighted by molar-refractivity contribution is 5.74. The van der Waals surface area contributed by atoms with Gasteiger partial charge in [-0.2, -0.15) is 0 Å². The molecule has 1 unspecified atom stereocenters. The maximum absolute atomic E-state index is 12.0. The van der Waals surface area contributed by atoms with Gasteiger partial charge in [-0.1, -0.05) is 35.9 Å². The number of fused-ring (bicyclic) bond motifs is 1. The number of amides is 2. The van der Waals surface area contributed by atoms with E-state index >= 15 is 0 Å². The van der Waals surface area contributed by atoms with Crippen molar-refractivity contribution in [2.45, 2.75) is 26.4 Å². The van der Waals surface area contributed by atoms with Crippen LogP contribution in [0.15, 0.2) is 42.5 Å². The Morgan fingerprint density at radius 2 is 2.00 bits per heavy atom. The average Bonchev–Trinajstić information content (AvgIpc) is 3.00. The number of rotatable bonds is 4. The summed E-state index contributed by atoms with van der Waals surface area (Å²) in [7, 11) is 0. The minimum atomic E-state index is -0.198. The standard InChI is InChI=1S/C18H20N2O3/c1-12-4-3-5-14(8-12)10-19-18(21)20-13(2)15-6-7-16-17(9-15)23-11-22-16/h3-9,13H,10-11H2,1-2H3,(H2,19,20,21). The molecular weight excluding hydrogens is 292 g/mol. The van der Waals surface area contributed by atoms with Gasteiger partial charge >= 0.3 is 6.03 Å². The molecule has 0 radical (unpaired) electrons. The van der Waals surface area contributed by atoms with E-state index in [1.165, 1.54) is 5.56 Å². The first-order chi connectivity index (χ1) is 11.1. The van der Waals surface area contributed by atoms with E-state index in [0.717, 1.165) is 22.6 Å². The Morgan fingerprint density at radius 3 is 2.83 bits per heavy atom. The Bertz CT molecular complexity index is 715. The minimum absolute atomic E-state index is 0.123. The van der Waals surface area contributed by atoms with Crippen molar-refractivity contribution in [2.75, 3.05) is 6.79 Å². The highest BCUT2D eigenvalue weighted by atomic mass is 16.7. The number of hydrogen-bond acceptors (Lipinski definition) is 3. The molecule has 2 amide bonds. The van der Waals surface area contributed by atoms with Gasteiger partial charge in [0.05, 0.1) is 6.04 Å². The maximum Gasteiger partial charge on any atom is 0.315 e. The van der Waals surface area contributed by atoms with Crippen molar-refractivity contribution < 1.29 is 14.3 Å². The van der Waals surface area contributed by atoms with Crippen molar-refractivity contribution in [1.29, 1.82) is 0 Å². The number of urea groups is 1. The maximum atomic E-state index is 12.0. The second-order valence-corrected chi connectivity index (χ2v) is 5.65. The van der Waals surface area contributed by atoms with E-state index in [1.54, 1.807) is 0 Å². The average molecular weight is 312 g/mol. The lowest BCUT2D eigenvalue weighted by Crippen LogP contribution is -2.36. The van der Waals surface area contributed by atoms with Crippen LogP contribution in [0.4, 0.5) is 4.79 Å². The van der Waals surface area contributed by atoms with E-state index in [4.69, 9.17) is 9.47 Å². The van der Waals surface area contributed by atoms with Gasteiger partial charge in [-0.3, -0.25) is 0 Å². The Balaban J connectivity index is 1.55. The SMILES string of the molecule is Cc1cccc(CNC(=O)NC(C)c2ccc3c(c2)OCO3)c1. The molecule has 5 nitrogen and oxygen atoms in total. The Hall–Kier alpha value is -2.69. The van der Waals surface area contributed by atoms with Crippen LogP contribution in [0.2, 0.25) is 0 Å². The molecule has 0 spiro atoms. The number of hydrogen-bond donors (Lipinski definition) is 2. The molecule has 0 aliphatic carbocycles. The smallest absolute Gasteiger partial charge is 0.315 e. The summed E-state index contributed by atoms with van der Waals surface area (Å²) >= 11 is 0. The normalized spacial score (nSPS) is 13.5. The van der Waals surface area contributed by atoms with Gasteiger partial charge in [0.15, 0.2) is 11.5 Å². The number of aryl methyl sites for hydroxylation is 1. The van der Waals surface area contributed by atoms with Crippen LogP contribution in [0.25, 0.3) is 0 Å². The monoisotopic (exact) mass is 312 g/mol. The second-order valence-electron chi connectivity index (χ2n) is 5.65. The number of carbonyl (C=O) groups is 1. The first-order valence-electron chi connectivity index (χ1n) is 7.61. The third-order valence-corrected chi connectivity index (χ3v) is 3.78. The van der Waals surface area contributed by atoms with Crippen LogP contribution in [0.1, 0.15) is 29.7 Å². The summed E-state index contributed by atoms with van der Waals surface area (Å²) < 4.78 is 10.6. The molecule has 0 saturated heterocycles. The zero-order valence-corrected chi connectivity index (χ0v) is 13.3. The molecule has 1 aliphatic heterocycles. The van der Waals surface area contributed by atoms with Gasteiger partial charge in [0.1, 0.15) is 0 Å². The summed E-state index contributed by atoms with van der Waals surface area (Å²) in [5.74, 6) is 1.46. The third-order valence-electron chi connectivity index (χ3n) is 3.78. The summed E-state index contributed by atoms with van der Waals surface area (Å²) in [6, 6.07) is 13.4. The van der Waals surface area contributed by atoms with Crippen LogP contribution < -0.4 is 20.1 Å².